The summed E-state index contributed by atoms with van der Waals surface area (Å²) in [7, 11) is 0. The average Bonchev–Trinajstić information content (AvgIpc) is 3.55. The van der Waals surface area contributed by atoms with Gasteiger partial charge >= 0.3 is 0 Å². The summed E-state index contributed by atoms with van der Waals surface area (Å²) in [6, 6.07) is 32.0. The van der Waals surface area contributed by atoms with Crippen molar-refractivity contribution in [1.29, 1.82) is 0 Å². The van der Waals surface area contributed by atoms with Gasteiger partial charge in [0.1, 0.15) is 11.2 Å². The van der Waals surface area contributed by atoms with Crippen molar-refractivity contribution in [2.45, 2.75) is 0 Å². The zero-order chi connectivity index (χ0) is 35.8. The van der Waals surface area contributed by atoms with Gasteiger partial charge in [0.2, 0.25) is 0 Å². The van der Waals surface area contributed by atoms with Gasteiger partial charge in [0.15, 0.2) is 17.5 Å². The number of aromatic nitrogens is 3. The molecule has 0 unspecified atom stereocenters. The molecule has 0 aliphatic carbocycles. The highest BCUT2D eigenvalue weighted by atomic mass is 16.3. The predicted octanol–water partition coefficient (Wildman–Crippen LogP) is 10.7. The molecule has 45 heavy (non-hydrogen) atoms. The SMILES string of the molecule is [2H]c1c([2H])c([2H])c2c([2H])c(-c3nc(-c4ccccc4)nc(-c4cccc5oc6c(-c7ccccc7)c7ccccc7cc6c45)n3)c([2H])c([2H])c2c1[2H]. The van der Waals surface area contributed by atoms with Crippen LogP contribution in [0.1, 0.15) is 9.60 Å². The minimum Gasteiger partial charge on any atom is -0.455 e. The first-order valence-corrected chi connectivity index (χ1v) is 14.5. The Hall–Kier alpha value is -6.13. The Balaban J connectivity index is 1.38. The summed E-state index contributed by atoms with van der Waals surface area (Å²) in [6.45, 7) is 0. The number of fused-ring (bicyclic) bond motifs is 5. The second-order valence-corrected chi connectivity index (χ2v) is 10.7. The summed E-state index contributed by atoms with van der Waals surface area (Å²) in [5, 5.41) is 3.31. The van der Waals surface area contributed by atoms with Crippen LogP contribution in [0.3, 0.4) is 0 Å². The summed E-state index contributed by atoms with van der Waals surface area (Å²) in [5.41, 5.74) is 4.42. The molecule has 0 aliphatic heterocycles. The maximum atomic E-state index is 9.20. The van der Waals surface area contributed by atoms with Gasteiger partial charge in [-0.15, -0.1) is 0 Å². The molecule has 2 aromatic heterocycles. The molecule has 0 saturated carbocycles. The minimum atomic E-state index is -0.532. The van der Waals surface area contributed by atoms with Crippen molar-refractivity contribution < 1.29 is 14.0 Å². The minimum absolute atomic E-state index is 0.0677. The number of nitrogens with zero attached hydrogens (tertiary/aromatic N) is 3. The van der Waals surface area contributed by atoms with Crippen LogP contribution >= 0.6 is 0 Å². The molecule has 0 N–H and O–H groups in total. The molecule has 0 amide bonds. The Morgan fingerprint density at radius 1 is 0.511 bits per heavy atom. The average molecular weight is 583 g/mol. The van der Waals surface area contributed by atoms with Crippen LogP contribution in [0.15, 0.2) is 156 Å². The molecule has 0 saturated heterocycles. The van der Waals surface area contributed by atoms with Crippen molar-refractivity contribution in [1.82, 2.24) is 15.0 Å². The van der Waals surface area contributed by atoms with E-state index in [0.717, 1.165) is 32.7 Å². The molecule has 2 heterocycles. The summed E-state index contributed by atoms with van der Waals surface area (Å²) in [4.78, 5) is 14.5. The van der Waals surface area contributed by atoms with Crippen LogP contribution in [-0.2, 0) is 0 Å². The van der Waals surface area contributed by atoms with Crippen LogP contribution in [0.2, 0.25) is 0 Å². The monoisotopic (exact) mass is 582 g/mol. The Kier molecular flexibility index (Phi) is 4.38. The van der Waals surface area contributed by atoms with E-state index in [1.807, 2.05) is 78.9 Å². The molecule has 0 fully saturated rings. The number of benzene rings is 7. The fourth-order valence-electron chi connectivity index (χ4n) is 5.92. The lowest BCUT2D eigenvalue weighted by Crippen LogP contribution is -2.00. The lowest BCUT2D eigenvalue weighted by molar-refractivity contribution is 0.670. The van der Waals surface area contributed by atoms with Crippen LogP contribution in [0, 0.1) is 0 Å². The predicted molar refractivity (Wildman–Crippen MR) is 184 cm³/mol. The fourth-order valence-corrected chi connectivity index (χ4v) is 5.92. The molecule has 210 valence electrons. The number of furan rings is 1. The quantitative estimate of drug-likeness (QED) is 0.207. The number of hydrogen-bond acceptors (Lipinski definition) is 4. The van der Waals surface area contributed by atoms with Gasteiger partial charge in [-0.3, -0.25) is 0 Å². The molecular formula is C41H25N3O. The molecule has 4 heteroatoms. The molecule has 0 aliphatic rings. The first-order valence-electron chi connectivity index (χ1n) is 18.0. The Morgan fingerprint density at radius 3 is 2.02 bits per heavy atom. The maximum Gasteiger partial charge on any atom is 0.164 e. The van der Waals surface area contributed by atoms with E-state index in [2.05, 4.69) is 30.3 Å². The highest BCUT2D eigenvalue weighted by Gasteiger charge is 2.21. The number of hydrogen-bond donors (Lipinski definition) is 0. The summed E-state index contributed by atoms with van der Waals surface area (Å²) < 4.78 is 67.2. The molecule has 0 spiro atoms. The summed E-state index contributed by atoms with van der Waals surface area (Å²) in [6.07, 6.45) is 0. The maximum absolute atomic E-state index is 9.20. The largest absolute Gasteiger partial charge is 0.455 e. The van der Waals surface area contributed by atoms with Crippen LogP contribution in [0.5, 0.6) is 0 Å². The second kappa shape index (κ2) is 10.2. The van der Waals surface area contributed by atoms with Gasteiger partial charge in [-0.1, -0.05) is 133 Å². The molecule has 0 radical (unpaired) electrons. The first kappa shape index (κ1) is 19.2. The van der Waals surface area contributed by atoms with Gasteiger partial charge in [-0.2, -0.15) is 0 Å². The highest BCUT2D eigenvalue weighted by Crippen LogP contribution is 2.43. The molecule has 9 rings (SSSR count). The van der Waals surface area contributed by atoms with Crippen LogP contribution in [0.4, 0.5) is 0 Å². The third-order valence-corrected chi connectivity index (χ3v) is 7.95. The standard InChI is InChI=1S/C41H25N3O/c1-3-13-27(14-4-1)36-32-19-10-9-18-30(32)25-34-37-33(20-11-21-35(37)45-38(34)36)41-43-39(28-15-5-2-6-16-28)42-40(44-41)31-23-22-26-12-7-8-17-29(26)24-31/h1-25H/i7D,8D,12D,17D,22D,23D,24D. The van der Waals surface area contributed by atoms with Crippen molar-refractivity contribution in [2.24, 2.45) is 0 Å². The van der Waals surface area contributed by atoms with Crippen LogP contribution in [0.25, 0.3) is 88.8 Å². The van der Waals surface area contributed by atoms with Crippen molar-refractivity contribution >= 4 is 43.5 Å². The molecule has 0 bridgehead atoms. The zero-order valence-corrected chi connectivity index (χ0v) is 23.6. The highest BCUT2D eigenvalue weighted by molar-refractivity contribution is 6.21. The van der Waals surface area contributed by atoms with Gasteiger partial charge in [-0.25, -0.2) is 15.0 Å². The van der Waals surface area contributed by atoms with Crippen molar-refractivity contribution in [3.8, 4) is 45.3 Å². The Bertz CT molecular complexity index is 2930. The summed E-state index contributed by atoms with van der Waals surface area (Å²) in [5.74, 6) is 0.440. The van der Waals surface area contributed by atoms with E-state index in [0.29, 0.717) is 22.3 Å². The van der Waals surface area contributed by atoms with E-state index in [9.17, 15) is 1.37 Å². The molecule has 0 atom stereocenters. The van der Waals surface area contributed by atoms with Crippen molar-refractivity contribution in [3.05, 3.63) is 151 Å². The first-order chi connectivity index (χ1) is 25.2. The third kappa shape index (κ3) is 4.27. The van der Waals surface area contributed by atoms with Crippen LogP contribution in [-0.4, -0.2) is 15.0 Å². The Morgan fingerprint density at radius 2 is 1.20 bits per heavy atom. The number of rotatable bonds is 4. The zero-order valence-electron chi connectivity index (χ0n) is 30.6. The van der Waals surface area contributed by atoms with Gasteiger partial charge in [-0.05, 0) is 45.3 Å². The van der Waals surface area contributed by atoms with Gasteiger partial charge in [0, 0.05) is 33.0 Å². The normalized spacial score (nSPS) is 13.7. The van der Waals surface area contributed by atoms with Crippen molar-refractivity contribution in [2.75, 3.05) is 0 Å². The molecule has 4 nitrogen and oxygen atoms in total. The topological polar surface area (TPSA) is 51.8 Å². The van der Waals surface area contributed by atoms with E-state index in [4.69, 9.17) is 27.6 Å². The fraction of sp³-hybridized carbons (Fsp3) is 0. The van der Waals surface area contributed by atoms with E-state index < -0.39 is 36.3 Å². The van der Waals surface area contributed by atoms with Crippen molar-refractivity contribution in [3.63, 3.8) is 0 Å². The molecular weight excluding hydrogens is 550 g/mol. The molecule has 9 aromatic rings. The van der Waals surface area contributed by atoms with E-state index >= 15 is 0 Å². The summed E-state index contributed by atoms with van der Waals surface area (Å²) >= 11 is 0. The van der Waals surface area contributed by atoms with Gasteiger partial charge in [0.25, 0.3) is 0 Å². The second-order valence-electron chi connectivity index (χ2n) is 10.7. The third-order valence-electron chi connectivity index (χ3n) is 7.95. The Labute approximate surface area is 269 Å². The van der Waals surface area contributed by atoms with E-state index in [1.54, 1.807) is 0 Å². The lowest BCUT2D eigenvalue weighted by Gasteiger charge is -2.10. The van der Waals surface area contributed by atoms with Gasteiger partial charge in [0.05, 0.1) is 9.60 Å². The molecule has 7 aromatic carbocycles. The van der Waals surface area contributed by atoms with Gasteiger partial charge < -0.3 is 4.42 Å². The lowest BCUT2D eigenvalue weighted by atomic mass is 9.94. The smallest absolute Gasteiger partial charge is 0.164 e. The van der Waals surface area contributed by atoms with E-state index in [1.165, 1.54) is 0 Å². The van der Waals surface area contributed by atoms with E-state index in [-0.39, 0.29) is 39.9 Å². The van der Waals surface area contributed by atoms with Crippen LogP contribution < -0.4 is 0 Å².